The molecule has 4 atom stereocenters. The van der Waals surface area contributed by atoms with Crippen LogP contribution in [0.3, 0.4) is 0 Å². The molecule has 0 aliphatic heterocycles. The summed E-state index contributed by atoms with van der Waals surface area (Å²) in [6.45, 7) is 0. The Morgan fingerprint density at radius 2 is 1.60 bits per heavy atom. The Kier molecular flexibility index (Phi) is 11.8. The van der Waals surface area contributed by atoms with Gasteiger partial charge in [0.15, 0.2) is 0 Å². The molecule has 2 rings (SSSR count). The second kappa shape index (κ2) is 14.3. The molecule has 13 heteroatoms. The lowest BCUT2D eigenvalue weighted by molar-refractivity contribution is -0.141. The minimum atomic E-state index is -1.24. The molecule has 0 saturated carbocycles. The van der Waals surface area contributed by atoms with Crippen LogP contribution in [0.2, 0.25) is 0 Å². The number of amides is 3. The Bertz CT molecular complexity index is 1030. The number of carbonyl (C=O) groups excluding carboxylic acids is 3. The molecule has 2 aromatic rings. The van der Waals surface area contributed by atoms with Gasteiger partial charge in [-0.1, -0.05) is 18.2 Å². The highest BCUT2D eigenvalue weighted by Gasteiger charge is 2.29. The van der Waals surface area contributed by atoms with Gasteiger partial charge < -0.3 is 31.8 Å². The number of carbonyl (C=O) groups is 4. The molecule has 1 aromatic heterocycles. The average Bonchev–Trinajstić information content (AvgIpc) is 3.25. The standard InChI is InChI=1S/C22H31N5O5S3/c1-35-7-6-16(20(29)26-17(10-33)21(30)27-18(11-34)22(31)32)25-19(28)14(23)8-12-9-24-15-5-3-2-4-13(12)15/h2-5,9,14,16-18,24,33-34H,6-8,10-11,23H2,1H3,(H,25,28)(H,26,29)(H,27,30)(H,31,32). The van der Waals surface area contributed by atoms with E-state index in [1.807, 2.05) is 30.5 Å². The number of aliphatic carboxylic acids is 1. The van der Waals surface area contributed by atoms with Crippen molar-refractivity contribution in [3.63, 3.8) is 0 Å². The molecule has 0 radical (unpaired) electrons. The quantitative estimate of drug-likeness (QED) is 0.158. The minimum absolute atomic E-state index is 0.0697. The molecule has 0 aliphatic carbocycles. The Hall–Kier alpha value is -2.35. The van der Waals surface area contributed by atoms with Crippen LogP contribution in [-0.4, -0.2) is 81.5 Å². The molecule has 4 unspecified atom stereocenters. The maximum absolute atomic E-state index is 12.9. The van der Waals surface area contributed by atoms with Crippen molar-refractivity contribution in [3.8, 4) is 0 Å². The number of thioether (sulfide) groups is 1. The van der Waals surface area contributed by atoms with Crippen molar-refractivity contribution in [2.45, 2.75) is 37.0 Å². The summed E-state index contributed by atoms with van der Waals surface area (Å²) in [5.41, 5.74) is 7.97. The maximum atomic E-state index is 12.9. The summed E-state index contributed by atoms with van der Waals surface area (Å²) in [4.78, 5) is 52.5. The van der Waals surface area contributed by atoms with Gasteiger partial charge in [0.25, 0.3) is 0 Å². The van der Waals surface area contributed by atoms with E-state index in [0.717, 1.165) is 16.5 Å². The zero-order chi connectivity index (χ0) is 26.0. The van der Waals surface area contributed by atoms with Crippen molar-refractivity contribution in [2.24, 2.45) is 5.73 Å². The number of benzene rings is 1. The summed E-state index contributed by atoms with van der Waals surface area (Å²) >= 11 is 9.51. The van der Waals surface area contributed by atoms with Gasteiger partial charge in [-0.15, -0.1) is 0 Å². The summed E-state index contributed by atoms with van der Waals surface area (Å²) in [6.07, 6.45) is 4.26. The molecule has 3 amide bonds. The lowest BCUT2D eigenvalue weighted by Gasteiger charge is -2.24. The topological polar surface area (TPSA) is 166 Å². The minimum Gasteiger partial charge on any atom is -0.480 e. The predicted molar refractivity (Wildman–Crippen MR) is 144 cm³/mol. The largest absolute Gasteiger partial charge is 0.480 e. The number of para-hydroxylation sites is 1. The number of nitrogens with two attached hydrogens (primary N) is 1. The van der Waals surface area contributed by atoms with Gasteiger partial charge in [0, 0.05) is 28.6 Å². The van der Waals surface area contributed by atoms with E-state index in [2.05, 4.69) is 46.2 Å². The molecule has 7 N–H and O–H groups in total. The number of fused-ring (bicyclic) bond motifs is 1. The van der Waals surface area contributed by atoms with Crippen molar-refractivity contribution in [1.82, 2.24) is 20.9 Å². The molecule has 10 nitrogen and oxygen atoms in total. The number of carboxylic acids is 1. The van der Waals surface area contributed by atoms with Crippen LogP contribution in [0.5, 0.6) is 0 Å². The number of H-pyrrole nitrogens is 1. The number of hydrogen-bond donors (Lipinski definition) is 8. The van der Waals surface area contributed by atoms with Crippen LogP contribution in [0, 0.1) is 0 Å². The van der Waals surface area contributed by atoms with Crippen LogP contribution in [0.15, 0.2) is 30.5 Å². The molecule has 0 fully saturated rings. The van der Waals surface area contributed by atoms with Crippen LogP contribution in [0.25, 0.3) is 10.9 Å². The molecular formula is C22H31N5O5S3. The summed E-state index contributed by atoms with van der Waals surface area (Å²) in [7, 11) is 0. The van der Waals surface area contributed by atoms with Crippen LogP contribution in [-0.2, 0) is 25.6 Å². The second-order valence-electron chi connectivity index (χ2n) is 7.84. The van der Waals surface area contributed by atoms with E-state index in [0.29, 0.717) is 12.2 Å². The molecule has 35 heavy (non-hydrogen) atoms. The third-order valence-corrected chi connectivity index (χ3v) is 6.68. The molecule has 0 bridgehead atoms. The third-order valence-electron chi connectivity index (χ3n) is 5.31. The maximum Gasteiger partial charge on any atom is 0.327 e. The van der Waals surface area contributed by atoms with Gasteiger partial charge >= 0.3 is 5.97 Å². The lowest BCUT2D eigenvalue weighted by Crippen LogP contribution is -2.58. The third kappa shape index (κ3) is 8.37. The highest BCUT2D eigenvalue weighted by molar-refractivity contribution is 7.98. The number of rotatable bonds is 14. The molecule has 0 saturated heterocycles. The van der Waals surface area contributed by atoms with Crippen LogP contribution >= 0.6 is 37.0 Å². The fourth-order valence-electron chi connectivity index (χ4n) is 3.34. The SMILES string of the molecule is CSCCC(NC(=O)C(N)Cc1c[nH]c2ccccc12)C(=O)NC(CS)C(=O)NC(CS)C(=O)O. The van der Waals surface area contributed by atoms with E-state index in [9.17, 15) is 19.2 Å². The molecular weight excluding hydrogens is 510 g/mol. The molecule has 1 aromatic carbocycles. The molecule has 1 heterocycles. The van der Waals surface area contributed by atoms with Gasteiger partial charge in [0.05, 0.1) is 6.04 Å². The Morgan fingerprint density at radius 1 is 1.00 bits per heavy atom. The lowest BCUT2D eigenvalue weighted by atomic mass is 10.0. The van der Waals surface area contributed by atoms with Crippen molar-refractivity contribution in [3.05, 3.63) is 36.0 Å². The number of nitrogens with one attached hydrogen (secondary N) is 4. The van der Waals surface area contributed by atoms with Gasteiger partial charge in [-0.3, -0.25) is 14.4 Å². The van der Waals surface area contributed by atoms with Gasteiger partial charge in [-0.05, 0) is 36.5 Å². The number of thiol groups is 2. The van der Waals surface area contributed by atoms with E-state index >= 15 is 0 Å². The van der Waals surface area contributed by atoms with Gasteiger partial charge in [-0.2, -0.15) is 37.0 Å². The van der Waals surface area contributed by atoms with E-state index < -0.39 is 47.9 Å². The van der Waals surface area contributed by atoms with Crippen LogP contribution in [0.1, 0.15) is 12.0 Å². The monoisotopic (exact) mass is 541 g/mol. The fraction of sp³-hybridized carbons (Fsp3) is 0.455. The summed E-state index contributed by atoms with van der Waals surface area (Å²) in [6, 6.07) is 3.54. The van der Waals surface area contributed by atoms with Gasteiger partial charge in [0.2, 0.25) is 17.7 Å². The summed E-state index contributed by atoms with van der Waals surface area (Å²) in [5.74, 6) is -2.64. The summed E-state index contributed by atoms with van der Waals surface area (Å²) in [5, 5.41) is 17.6. The first-order chi connectivity index (χ1) is 16.7. The normalized spacial score (nSPS) is 14.5. The van der Waals surface area contributed by atoms with E-state index in [-0.39, 0.29) is 17.9 Å². The highest BCUT2D eigenvalue weighted by atomic mass is 32.2. The number of aromatic nitrogens is 1. The Morgan fingerprint density at radius 3 is 2.23 bits per heavy atom. The predicted octanol–water partition coefficient (Wildman–Crippen LogP) is 0.189. The first-order valence-electron chi connectivity index (χ1n) is 10.9. The van der Waals surface area contributed by atoms with Crippen molar-refractivity contribution in [1.29, 1.82) is 0 Å². The fourth-order valence-corrected chi connectivity index (χ4v) is 4.31. The molecule has 0 spiro atoms. The number of carboxylic acid groups (broad SMARTS) is 1. The summed E-state index contributed by atoms with van der Waals surface area (Å²) < 4.78 is 0. The van der Waals surface area contributed by atoms with E-state index in [1.54, 1.807) is 6.20 Å². The van der Waals surface area contributed by atoms with Gasteiger partial charge in [0.1, 0.15) is 18.1 Å². The smallest absolute Gasteiger partial charge is 0.327 e. The number of hydrogen-bond acceptors (Lipinski definition) is 8. The zero-order valence-corrected chi connectivity index (χ0v) is 21.8. The second-order valence-corrected chi connectivity index (χ2v) is 9.55. The van der Waals surface area contributed by atoms with Crippen LogP contribution < -0.4 is 21.7 Å². The molecule has 0 aliphatic rings. The van der Waals surface area contributed by atoms with Gasteiger partial charge in [-0.25, -0.2) is 4.79 Å². The van der Waals surface area contributed by atoms with Crippen LogP contribution in [0.4, 0.5) is 0 Å². The van der Waals surface area contributed by atoms with Crippen molar-refractivity contribution in [2.75, 3.05) is 23.5 Å². The van der Waals surface area contributed by atoms with Crippen molar-refractivity contribution >= 4 is 71.6 Å². The van der Waals surface area contributed by atoms with E-state index in [4.69, 9.17) is 10.8 Å². The number of aromatic amines is 1. The Balaban J connectivity index is 2.04. The zero-order valence-electron chi connectivity index (χ0n) is 19.2. The Labute approximate surface area is 218 Å². The van der Waals surface area contributed by atoms with Crippen molar-refractivity contribution < 1.29 is 24.3 Å². The average molecular weight is 542 g/mol. The van der Waals surface area contributed by atoms with E-state index in [1.165, 1.54) is 11.8 Å². The first-order valence-corrected chi connectivity index (χ1v) is 13.5. The first kappa shape index (κ1) is 28.9. The molecule has 192 valence electrons. The highest BCUT2D eigenvalue weighted by Crippen LogP contribution is 2.18.